The summed E-state index contributed by atoms with van der Waals surface area (Å²) < 4.78 is 32.6. The minimum Gasteiger partial charge on any atom is -0.492 e. The molecule has 2 aromatic rings. The molecule has 0 bridgehead atoms. The Labute approximate surface area is 153 Å². The number of halogens is 1. The Morgan fingerprint density at radius 3 is 2.48 bits per heavy atom. The first-order chi connectivity index (χ1) is 12.0. The van der Waals surface area contributed by atoms with Gasteiger partial charge in [-0.3, -0.25) is 0 Å². The van der Waals surface area contributed by atoms with E-state index in [-0.39, 0.29) is 10.0 Å². The quantitative estimate of drug-likeness (QED) is 0.745. The van der Waals surface area contributed by atoms with Crippen molar-refractivity contribution < 1.29 is 13.2 Å². The number of aromatic nitrogens is 1. The maximum Gasteiger partial charge on any atom is 0.244 e. The third kappa shape index (κ3) is 3.89. The Balaban J connectivity index is 1.73. The number of piperazine rings is 1. The van der Waals surface area contributed by atoms with E-state index < -0.39 is 10.0 Å². The zero-order valence-electron chi connectivity index (χ0n) is 13.9. The van der Waals surface area contributed by atoms with E-state index in [1.165, 1.54) is 22.6 Å². The van der Waals surface area contributed by atoms with E-state index in [4.69, 9.17) is 16.3 Å². The SMILES string of the molecule is CCOc1ccccc1N1CCN(S(=O)(=O)c2ccc(Cl)nc2)CC1. The molecule has 1 aliphatic rings. The molecule has 0 spiro atoms. The van der Waals surface area contributed by atoms with Crippen LogP contribution in [0.5, 0.6) is 5.75 Å². The highest BCUT2D eigenvalue weighted by atomic mass is 35.5. The maximum atomic E-state index is 12.7. The Morgan fingerprint density at radius 2 is 1.84 bits per heavy atom. The molecule has 1 aromatic heterocycles. The summed E-state index contributed by atoms with van der Waals surface area (Å²) in [6.45, 7) is 4.56. The zero-order valence-corrected chi connectivity index (χ0v) is 15.5. The number of rotatable bonds is 5. The van der Waals surface area contributed by atoms with E-state index in [0.717, 1.165) is 11.4 Å². The molecule has 2 heterocycles. The van der Waals surface area contributed by atoms with Crippen LogP contribution in [0.4, 0.5) is 5.69 Å². The summed E-state index contributed by atoms with van der Waals surface area (Å²) >= 11 is 5.74. The van der Waals surface area contributed by atoms with Gasteiger partial charge in [0.25, 0.3) is 0 Å². The molecule has 8 heteroatoms. The molecule has 134 valence electrons. The van der Waals surface area contributed by atoms with Gasteiger partial charge in [0.2, 0.25) is 10.0 Å². The van der Waals surface area contributed by atoms with E-state index >= 15 is 0 Å². The average molecular weight is 382 g/mol. The number of anilines is 1. The van der Waals surface area contributed by atoms with Gasteiger partial charge >= 0.3 is 0 Å². The maximum absolute atomic E-state index is 12.7. The predicted molar refractivity (Wildman–Crippen MR) is 97.8 cm³/mol. The molecule has 1 aromatic carbocycles. The van der Waals surface area contributed by atoms with Crippen LogP contribution in [0.25, 0.3) is 0 Å². The number of benzene rings is 1. The van der Waals surface area contributed by atoms with Crippen LogP contribution in [0.3, 0.4) is 0 Å². The van der Waals surface area contributed by atoms with Crippen molar-refractivity contribution in [3.05, 3.63) is 47.7 Å². The summed E-state index contributed by atoms with van der Waals surface area (Å²) in [5.41, 5.74) is 0.995. The van der Waals surface area contributed by atoms with Gasteiger partial charge in [-0.05, 0) is 31.2 Å². The topological polar surface area (TPSA) is 62.7 Å². The van der Waals surface area contributed by atoms with Gasteiger partial charge in [-0.25, -0.2) is 13.4 Å². The van der Waals surface area contributed by atoms with E-state index in [1.807, 2.05) is 31.2 Å². The summed E-state index contributed by atoms with van der Waals surface area (Å²) in [7, 11) is -3.55. The molecule has 1 saturated heterocycles. The lowest BCUT2D eigenvalue weighted by atomic mass is 10.2. The van der Waals surface area contributed by atoms with E-state index in [2.05, 4.69) is 9.88 Å². The van der Waals surface area contributed by atoms with Crippen molar-refractivity contribution in [2.45, 2.75) is 11.8 Å². The molecule has 0 amide bonds. The smallest absolute Gasteiger partial charge is 0.244 e. The Morgan fingerprint density at radius 1 is 1.12 bits per heavy atom. The van der Waals surface area contributed by atoms with Crippen molar-refractivity contribution in [1.29, 1.82) is 0 Å². The van der Waals surface area contributed by atoms with E-state index in [9.17, 15) is 8.42 Å². The summed E-state index contributed by atoms with van der Waals surface area (Å²) in [5, 5.41) is 0.274. The number of hydrogen-bond acceptors (Lipinski definition) is 5. The summed E-state index contributed by atoms with van der Waals surface area (Å²) in [4.78, 5) is 6.18. The van der Waals surface area contributed by atoms with Crippen molar-refractivity contribution in [2.24, 2.45) is 0 Å². The number of nitrogens with zero attached hydrogens (tertiary/aromatic N) is 3. The van der Waals surface area contributed by atoms with Crippen LogP contribution >= 0.6 is 11.6 Å². The van der Waals surface area contributed by atoms with Crippen molar-refractivity contribution in [2.75, 3.05) is 37.7 Å². The average Bonchev–Trinajstić information content (AvgIpc) is 2.63. The summed E-state index contributed by atoms with van der Waals surface area (Å²) in [6, 6.07) is 10.8. The largest absolute Gasteiger partial charge is 0.492 e. The lowest BCUT2D eigenvalue weighted by molar-refractivity contribution is 0.337. The van der Waals surface area contributed by atoms with Gasteiger partial charge in [-0.1, -0.05) is 23.7 Å². The molecule has 0 unspecified atom stereocenters. The minimum absolute atomic E-state index is 0.167. The van der Waals surface area contributed by atoms with Crippen molar-refractivity contribution in [1.82, 2.24) is 9.29 Å². The second-order valence-corrected chi connectivity index (χ2v) is 7.93. The molecule has 0 N–H and O–H groups in total. The van der Waals surface area contributed by atoms with Gasteiger partial charge in [0, 0.05) is 32.4 Å². The van der Waals surface area contributed by atoms with Crippen LogP contribution < -0.4 is 9.64 Å². The fraction of sp³-hybridized carbons (Fsp3) is 0.353. The van der Waals surface area contributed by atoms with Crippen LogP contribution in [-0.4, -0.2) is 50.5 Å². The first-order valence-corrected chi connectivity index (χ1v) is 9.92. The molecule has 3 rings (SSSR count). The fourth-order valence-corrected chi connectivity index (χ4v) is 4.31. The first kappa shape index (κ1) is 18.0. The minimum atomic E-state index is -3.55. The monoisotopic (exact) mass is 381 g/mol. The Kier molecular flexibility index (Phi) is 5.46. The fourth-order valence-electron chi connectivity index (χ4n) is 2.83. The Hall–Kier alpha value is -1.83. The molecule has 6 nitrogen and oxygen atoms in total. The molecular weight excluding hydrogens is 362 g/mol. The van der Waals surface area contributed by atoms with Gasteiger partial charge < -0.3 is 9.64 Å². The van der Waals surface area contributed by atoms with Gasteiger partial charge in [0.15, 0.2) is 0 Å². The van der Waals surface area contributed by atoms with Gasteiger partial charge in [0.1, 0.15) is 15.8 Å². The van der Waals surface area contributed by atoms with Crippen LogP contribution in [0.15, 0.2) is 47.5 Å². The molecule has 1 fully saturated rings. The first-order valence-electron chi connectivity index (χ1n) is 8.11. The number of ether oxygens (including phenoxy) is 1. The number of sulfonamides is 1. The molecular formula is C17H20ClN3O3S. The number of para-hydroxylation sites is 2. The molecule has 0 atom stereocenters. The van der Waals surface area contributed by atoms with Crippen LogP contribution in [0, 0.1) is 0 Å². The van der Waals surface area contributed by atoms with Crippen molar-refractivity contribution in [3.63, 3.8) is 0 Å². The molecule has 0 aliphatic carbocycles. The highest BCUT2D eigenvalue weighted by Crippen LogP contribution is 2.29. The second kappa shape index (κ2) is 7.59. The summed E-state index contributed by atoms with van der Waals surface area (Å²) in [5.74, 6) is 0.822. The predicted octanol–water partition coefficient (Wildman–Crippen LogP) is 2.64. The lowest BCUT2D eigenvalue weighted by Crippen LogP contribution is -2.48. The zero-order chi connectivity index (χ0) is 17.9. The van der Waals surface area contributed by atoms with Gasteiger partial charge in [0.05, 0.1) is 12.3 Å². The van der Waals surface area contributed by atoms with Crippen molar-refractivity contribution >= 4 is 27.3 Å². The number of hydrogen-bond donors (Lipinski definition) is 0. The molecule has 0 saturated carbocycles. The highest BCUT2D eigenvalue weighted by Gasteiger charge is 2.29. The molecule has 0 radical (unpaired) electrons. The lowest BCUT2D eigenvalue weighted by Gasteiger charge is -2.36. The van der Waals surface area contributed by atoms with E-state index in [1.54, 1.807) is 0 Å². The van der Waals surface area contributed by atoms with Crippen molar-refractivity contribution in [3.8, 4) is 5.75 Å². The highest BCUT2D eigenvalue weighted by molar-refractivity contribution is 7.89. The van der Waals surface area contributed by atoms with Gasteiger partial charge in [-0.15, -0.1) is 0 Å². The Bertz CT molecular complexity index is 819. The normalized spacial score (nSPS) is 16.0. The van der Waals surface area contributed by atoms with E-state index in [0.29, 0.717) is 32.8 Å². The second-order valence-electron chi connectivity index (χ2n) is 5.61. The standard InChI is InChI=1S/C17H20ClN3O3S/c1-2-24-16-6-4-3-5-15(16)20-9-11-21(12-10-20)25(22,23)14-7-8-17(18)19-13-14/h3-8,13H,2,9-12H2,1H3. The van der Waals surface area contributed by atoms with Gasteiger partial charge in [-0.2, -0.15) is 4.31 Å². The van der Waals surface area contributed by atoms with Crippen LogP contribution in [-0.2, 0) is 10.0 Å². The van der Waals surface area contributed by atoms with Crippen LogP contribution in [0.2, 0.25) is 5.15 Å². The molecule has 1 aliphatic heterocycles. The van der Waals surface area contributed by atoms with Crippen LogP contribution in [0.1, 0.15) is 6.92 Å². The molecule has 25 heavy (non-hydrogen) atoms. The summed E-state index contributed by atoms with van der Waals surface area (Å²) in [6.07, 6.45) is 1.30. The third-order valence-corrected chi connectivity index (χ3v) is 6.19. The third-order valence-electron chi connectivity index (χ3n) is 4.08. The number of pyridine rings is 1.